The van der Waals surface area contributed by atoms with Gasteiger partial charge in [0, 0.05) is 17.0 Å². The summed E-state index contributed by atoms with van der Waals surface area (Å²) < 4.78 is 11.2. The van der Waals surface area contributed by atoms with E-state index in [4.69, 9.17) is 9.47 Å². The van der Waals surface area contributed by atoms with Crippen LogP contribution in [0.25, 0.3) is 11.3 Å². The summed E-state index contributed by atoms with van der Waals surface area (Å²) >= 11 is 1.30. The third kappa shape index (κ3) is 4.83. The molecule has 1 aliphatic rings. The molecule has 3 heterocycles. The number of rotatable bonds is 5. The molecule has 0 radical (unpaired) electrons. The molecule has 4 rings (SSSR count). The van der Waals surface area contributed by atoms with Gasteiger partial charge in [-0.25, -0.2) is 15.0 Å². The van der Waals surface area contributed by atoms with Gasteiger partial charge in [-0.2, -0.15) is 0 Å². The summed E-state index contributed by atoms with van der Waals surface area (Å²) in [6, 6.07) is 13.1. The van der Waals surface area contributed by atoms with Crippen LogP contribution in [0, 0.1) is 13.8 Å². The number of nitrogens with zero attached hydrogens (tertiary/aromatic N) is 3. The molecule has 0 spiro atoms. The van der Waals surface area contributed by atoms with E-state index in [-0.39, 0.29) is 11.7 Å². The van der Waals surface area contributed by atoms with Crippen LogP contribution in [0.2, 0.25) is 0 Å². The maximum Gasteiger partial charge on any atom is 0.236 e. The topological polar surface area (TPSA) is 86.2 Å². The normalized spacial score (nSPS) is 12.5. The molecule has 1 aromatic carbocycles. The van der Waals surface area contributed by atoms with Crippen molar-refractivity contribution in [2.45, 2.75) is 19.0 Å². The van der Waals surface area contributed by atoms with Crippen molar-refractivity contribution < 1.29 is 14.3 Å². The Kier molecular flexibility index (Phi) is 5.62. The van der Waals surface area contributed by atoms with Crippen LogP contribution in [0.4, 0.5) is 5.82 Å². The lowest BCUT2D eigenvalue weighted by molar-refractivity contribution is -0.113. The molecule has 1 amide bonds. The lowest BCUT2D eigenvalue weighted by atomic mass is 10.1. The van der Waals surface area contributed by atoms with Crippen LogP contribution in [0.1, 0.15) is 11.4 Å². The Labute approximate surface area is 172 Å². The predicted molar refractivity (Wildman–Crippen MR) is 112 cm³/mol. The highest BCUT2D eigenvalue weighted by atomic mass is 32.2. The van der Waals surface area contributed by atoms with Crippen LogP contribution in [0.3, 0.4) is 0 Å². The molecule has 3 aromatic rings. The summed E-state index contributed by atoms with van der Waals surface area (Å²) in [5.41, 5.74) is 3.40. The van der Waals surface area contributed by atoms with E-state index >= 15 is 0 Å². The Morgan fingerprint density at radius 2 is 1.76 bits per heavy atom. The van der Waals surface area contributed by atoms with Gasteiger partial charge in [-0.3, -0.25) is 4.79 Å². The molecule has 148 valence electrons. The molecule has 29 heavy (non-hydrogen) atoms. The molecule has 0 saturated heterocycles. The van der Waals surface area contributed by atoms with Crippen molar-refractivity contribution in [3.63, 3.8) is 0 Å². The van der Waals surface area contributed by atoms with Crippen molar-refractivity contribution in [2.24, 2.45) is 0 Å². The molecule has 0 unspecified atom stereocenters. The monoisotopic (exact) mass is 408 g/mol. The third-order valence-corrected chi connectivity index (χ3v) is 5.00. The maximum atomic E-state index is 12.3. The summed E-state index contributed by atoms with van der Waals surface area (Å²) in [5, 5.41) is 3.42. The number of thioether (sulfide) groups is 1. The summed E-state index contributed by atoms with van der Waals surface area (Å²) in [5.74, 6) is 1.97. The van der Waals surface area contributed by atoms with Gasteiger partial charge in [-0.1, -0.05) is 17.8 Å². The van der Waals surface area contributed by atoms with Gasteiger partial charge in [-0.05, 0) is 50.2 Å². The molecule has 8 heteroatoms. The average Bonchev–Trinajstić information content (AvgIpc) is 2.71. The number of anilines is 1. The van der Waals surface area contributed by atoms with Gasteiger partial charge in [0.15, 0.2) is 16.7 Å². The lowest BCUT2D eigenvalue weighted by Crippen LogP contribution is -2.16. The zero-order valence-electron chi connectivity index (χ0n) is 16.1. The molecular weight excluding hydrogens is 388 g/mol. The Balaban J connectivity index is 1.42. The number of pyridine rings is 1. The van der Waals surface area contributed by atoms with Crippen LogP contribution in [-0.2, 0) is 4.79 Å². The second kappa shape index (κ2) is 8.48. The molecule has 0 saturated carbocycles. The summed E-state index contributed by atoms with van der Waals surface area (Å²) in [4.78, 5) is 25.5. The average molecular weight is 408 g/mol. The molecule has 0 fully saturated rings. The first-order chi connectivity index (χ1) is 14.1. The van der Waals surface area contributed by atoms with E-state index in [1.807, 2.05) is 50.2 Å². The molecule has 2 aromatic heterocycles. The third-order valence-electron chi connectivity index (χ3n) is 4.15. The highest BCUT2D eigenvalue weighted by Crippen LogP contribution is 2.34. The van der Waals surface area contributed by atoms with Gasteiger partial charge in [0.25, 0.3) is 0 Å². The number of carbonyl (C=O) groups is 1. The minimum Gasteiger partial charge on any atom is -0.486 e. The fraction of sp³-hybridized carbons (Fsp3) is 0.238. The molecule has 0 atom stereocenters. The van der Waals surface area contributed by atoms with Crippen molar-refractivity contribution >= 4 is 23.5 Å². The van der Waals surface area contributed by atoms with Crippen LogP contribution in [0.5, 0.6) is 11.5 Å². The minimum atomic E-state index is -0.162. The van der Waals surface area contributed by atoms with Gasteiger partial charge in [0.2, 0.25) is 5.91 Å². The first kappa shape index (κ1) is 19.2. The summed E-state index contributed by atoms with van der Waals surface area (Å²) in [6.45, 7) is 4.90. The zero-order chi connectivity index (χ0) is 20.2. The predicted octanol–water partition coefficient (Wildman–Crippen LogP) is 3.66. The van der Waals surface area contributed by atoms with Crippen molar-refractivity contribution in [3.8, 4) is 22.8 Å². The van der Waals surface area contributed by atoms with Crippen molar-refractivity contribution in [2.75, 3.05) is 24.3 Å². The maximum absolute atomic E-state index is 12.3. The standard InChI is InChI=1S/C21H20N4O3S/c1-13-10-14(2)23-21(22-13)29-12-20(26)25-19-5-3-4-16(24-19)15-6-7-17-18(11-15)28-9-8-27-17/h3-7,10-11H,8-9,12H2,1-2H3,(H,24,25,26). The molecule has 1 N–H and O–H groups in total. The van der Waals surface area contributed by atoms with Crippen LogP contribution >= 0.6 is 11.8 Å². The minimum absolute atomic E-state index is 0.162. The first-order valence-electron chi connectivity index (χ1n) is 9.19. The summed E-state index contributed by atoms with van der Waals surface area (Å²) in [6.07, 6.45) is 0. The van der Waals surface area contributed by atoms with Crippen LogP contribution < -0.4 is 14.8 Å². The van der Waals surface area contributed by atoms with E-state index in [0.29, 0.717) is 29.9 Å². The quantitative estimate of drug-likeness (QED) is 0.509. The van der Waals surface area contributed by atoms with E-state index in [1.54, 1.807) is 6.07 Å². The fourth-order valence-corrected chi connectivity index (χ4v) is 3.68. The van der Waals surface area contributed by atoms with Crippen molar-refractivity contribution in [3.05, 3.63) is 53.9 Å². The number of carbonyl (C=O) groups excluding carboxylic acids is 1. The number of aromatic nitrogens is 3. The Morgan fingerprint density at radius 1 is 1.00 bits per heavy atom. The van der Waals surface area contributed by atoms with E-state index in [9.17, 15) is 4.79 Å². The van der Waals surface area contributed by atoms with E-state index in [0.717, 1.165) is 28.4 Å². The van der Waals surface area contributed by atoms with Gasteiger partial charge >= 0.3 is 0 Å². The van der Waals surface area contributed by atoms with E-state index in [2.05, 4.69) is 20.3 Å². The SMILES string of the molecule is Cc1cc(C)nc(SCC(=O)Nc2cccc(-c3ccc4c(c3)OCCO4)n2)n1. The highest BCUT2D eigenvalue weighted by molar-refractivity contribution is 7.99. The Hall–Kier alpha value is -3.13. The molecule has 7 nitrogen and oxygen atoms in total. The highest BCUT2D eigenvalue weighted by Gasteiger charge is 2.13. The van der Waals surface area contributed by atoms with Crippen molar-refractivity contribution in [1.82, 2.24) is 15.0 Å². The van der Waals surface area contributed by atoms with E-state index in [1.165, 1.54) is 11.8 Å². The van der Waals surface area contributed by atoms with Gasteiger partial charge in [0.1, 0.15) is 19.0 Å². The number of nitrogens with one attached hydrogen (secondary N) is 1. The molecule has 0 bridgehead atoms. The van der Waals surface area contributed by atoms with Crippen LogP contribution in [-0.4, -0.2) is 39.8 Å². The van der Waals surface area contributed by atoms with E-state index < -0.39 is 0 Å². The number of fused-ring (bicyclic) bond motifs is 1. The lowest BCUT2D eigenvalue weighted by Gasteiger charge is -2.18. The zero-order valence-corrected chi connectivity index (χ0v) is 17.0. The molecule has 0 aliphatic carbocycles. The fourth-order valence-electron chi connectivity index (χ4n) is 2.93. The smallest absolute Gasteiger partial charge is 0.236 e. The largest absolute Gasteiger partial charge is 0.486 e. The van der Waals surface area contributed by atoms with Gasteiger partial charge in [0.05, 0.1) is 11.4 Å². The van der Waals surface area contributed by atoms with Crippen LogP contribution in [0.15, 0.2) is 47.6 Å². The number of ether oxygens (including phenoxy) is 2. The first-order valence-corrected chi connectivity index (χ1v) is 10.2. The number of benzene rings is 1. The molecule has 1 aliphatic heterocycles. The second-order valence-corrected chi connectivity index (χ2v) is 7.48. The van der Waals surface area contributed by atoms with Gasteiger partial charge in [-0.15, -0.1) is 0 Å². The number of amides is 1. The van der Waals surface area contributed by atoms with Gasteiger partial charge < -0.3 is 14.8 Å². The number of hydrogen-bond acceptors (Lipinski definition) is 7. The Morgan fingerprint density at radius 3 is 2.55 bits per heavy atom. The number of aryl methyl sites for hydroxylation is 2. The molecular formula is C21H20N4O3S. The number of hydrogen-bond donors (Lipinski definition) is 1. The van der Waals surface area contributed by atoms with Crippen molar-refractivity contribution in [1.29, 1.82) is 0 Å². The summed E-state index contributed by atoms with van der Waals surface area (Å²) in [7, 11) is 0. The second-order valence-electron chi connectivity index (χ2n) is 6.54. The Bertz CT molecular complexity index is 1040.